The first-order valence-corrected chi connectivity index (χ1v) is 10.2. The van der Waals surface area contributed by atoms with E-state index in [1.807, 2.05) is 18.2 Å². The van der Waals surface area contributed by atoms with E-state index >= 15 is 0 Å². The highest BCUT2D eigenvalue weighted by atomic mass is 19.1. The van der Waals surface area contributed by atoms with E-state index in [1.54, 1.807) is 35.0 Å². The monoisotopic (exact) mass is 420 g/mol. The molecule has 4 aromatic rings. The van der Waals surface area contributed by atoms with Gasteiger partial charge in [0.15, 0.2) is 11.5 Å². The van der Waals surface area contributed by atoms with Gasteiger partial charge in [0.1, 0.15) is 17.4 Å². The van der Waals surface area contributed by atoms with E-state index in [0.717, 1.165) is 24.4 Å². The minimum absolute atomic E-state index is 0.0418. The fraction of sp³-hybridized carbons (Fsp3) is 0.273. The van der Waals surface area contributed by atoms with E-state index in [9.17, 15) is 9.18 Å². The van der Waals surface area contributed by atoms with E-state index in [2.05, 4.69) is 25.5 Å². The van der Waals surface area contributed by atoms with Crippen molar-refractivity contribution in [3.05, 3.63) is 66.4 Å². The number of rotatable bonds is 5. The molecule has 3 aromatic heterocycles. The molecule has 1 amide bonds. The second-order valence-corrected chi connectivity index (χ2v) is 7.52. The molecule has 0 saturated carbocycles. The van der Waals surface area contributed by atoms with Crippen LogP contribution in [0.2, 0.25) is 0 Å². The third-order valence-electron chi connectivity index (χ3n) is 5.57. The van der Waals surface area contributed by atoms with Gasteiger partial charge in [-0.15, -0.1) is 15.3 Å². The second kappa shape index (κ2) is 8.17. The summed E-state index contributed by atoms with van der Waals surface area (Å²) in [5, 5.41) is 15.8. The number of piperidine rings is 1. The zero-order valence-electron chi connectivity index (χ0n) is 16.7. The molecular formula is C22H21FN6O2. The minimum atomic E-state index is -0.370. The molecule has 0 aliphatic carbocycles. The van der Waals surface area contributed by atoms with Crippen LogP contribution in [0.1, 0.15) is 18.6 Å². The van der Waals surface area contributed by atoms with Crippen LogP contribution in [-0.4, -0.2) is 38.8 Å². The number of furan rings is 1. The lowest BCUT2D eigenvalue weighted by Gasteiger charge is -2.32. The molecule has 0 atom stereocenters. The lowest BCUT2D eigenvalue weighted by Crippen LogP contribution is -2.40. The summed E-state index contributed by atoms with van der Waals surface area (Å²) < 4.78 is 21.1. The second-order valence-electron chi connectivity index (χ2n) is 7.52. The Kier molecular flexibility index (Phi) is 5.07. The van der Waals surface area contributed by atoms with E-state index in [-0.39, 0.29) is 17.6 Å². The number of halogens is 1. The number of benzene rings is 1. The Morgan fingerprint density at radius 3 is 2.71 bits per heavy atom. The number of carbonyl (C=O) groups excluding carboxylic acids is 1. The first kappa shape index (κ1) is 19.2. The molecule has 31 heavy (non-hydrogen) atoms. The van der Waals surface area contributed by atoms with Crippen LogP contribution in [0.4, 0.5) is 10.2 Å². The Labute approximate surface area is 177 Å². The van der Waals surface area contributed by atoms with Gasteiger partial charge < -0.3 is 14.6 Å². The summed E-state index contributed by atoms with van der Waals surface area (Å²) in [4.78, 5) is 14.6. The van der Waals surface area contributed by atoms with Gasteiger partial charge >= 0.3 is 0 Å². The van der Waals surface area contributed by atoms with Crippen LogP contribution in [0.3, 0.4) is 0 Å². The molecule has 0 unspecified atom stereocenters. The molecule has 5 rings (SSSR count). The molecule has 158 valence electrons. The smallest absolute Gasteiger partial charge is 0.223 e. The molecule has 0 spiro atoms. The summed E-state index contributed by atoms with van der Waals surface area (Å²) in [7, 11) is 0. The summed E-state index contributed by atoms with van der Waals surface area (Å²) in [6.45, 7) is 1.81. The van der Waals surface area contributed by atoms with E-state index in [1.165, 1.54) is 6.07 Å². The number of nitrogens with one attached hydrogen (secondary N) is 1. The number of nitrogens with zero attached hydrogens (tertiary/aromatic N) is 5. The number of hydrogen-bond acceptors (Lipinski definition) is 6. The van der Waals surface area contributed by atoms with Crippen molar-refractivity contribution in [2.75, 3.05) is 18.0 Å². The predicted molar refractivity (Wildman–Crippen MR) is 112 cm³/mol. The molecular weight excluding hydrogens is 399 g/mol. The van der Waals surface area contributed by atoms with Crippen molar-refractivity contribution in [3.8, 4) is 11.4 Å². The largest absolute Gasteiger partial charge is 0.467 e. The molecule has 1 fully saturated rings. The Morgan fingerprint density at radius 1 is 1.10 bits per heavy atom. The zero-order valence-corrected chi connectivity index (χ0v) is 16.7. The summed E-state index contributed by atoms with van der Waals surface area (Å²) >= 11 is 0. The molecule has 1 aromatic carbocycles. The molecule has 1 aliphatic rings. The van der Waals surface area contributed by atoms with Gasteiger partial charge in [0.25, 0.3) is 0 Å². The number of fused-ring (bicyclic) bond motifs is 1. The highest BCUT2D eigenvalue weighted by Crippen LogP contribution is 2.25. The lowest BCUT2D eigenvalue weighted by atomic mass is 9.96. The van der Waals surface area contributed by atoms with E-state index in [0.29, 0.717) is 36.7 Å². The van der Waals surface area contributed by atoms with Crippen LogP contribution in [-0.2, 0) is 11.3 Å². The van der Waals surface area contributed by atoms with Crippen molar-refractivity contribution < 1.29 is 13.6 Å². The average Bonchev–Trinajstić information content (AvgIpc) is 3.47. The zero-order chi connectivity index (χ0) is 21.2. The van der Waals surface area contributed by atoms with Crippen LogP contribution in [0.15, 0.2) is 59.2 Å². The van der Waals surface area contributed by atoms with Crippen molar-refractivity contribution in [1.29, 1.82) is 0 Å². The molecule has 0 bridgehead atoms. The van der Waals surface area contributed by atoms with Crippen molar-refractivity contribution in [3.63, 3.8) is 0 Å². The van der Waals surface area contributed by atoms with Crippen molar-refractivity contribution >= 4 is 17.4 Å². The molecule has 1 aliphatic heterocycles. The van der Waals surface area contributed by atoms with E-state index < -0.39 is 0 Å². The van der Waals surface area contributed by atoms with E-state index in [4.69, 9.17) is 4.42 Å². The van der Waals surface area contributed by atoms with Gasteiger partial charge in [0, 0.05) is 19.0 Å². The van der Waals surface area contributed by atoms with Gasteiger partial charge in [-0.05, 0) is 49.2 Å². The van der Waals surface area contributed by atoms with Gasteiger partial charge in [0.2, 0.25) is 5.91 Å². The minimum Gasteiger partial charge on any atom is -0.467 e. The fourth-order valence-corrected chi connectivity index (χ4v) is 3.86. The quantitative estimate of drug-likeness (QED) is 0.534. The highest BCUT2D eigenvalue weighted by Gasteiger charge is 2.26. The van der Waals surface area contributed by atoms with Gasteiger partial charge in [0.05, 0.1) is 18.4 Å². The van der Waals surface area contributed by atoms with Gasteiger partial charge in [-0.1, -0.05) is 12.1 Å². The average molecular weight is 420 g/mol. The fourth-order valence-electron chi connectivity index (χ4n) is 3.86. The van der Waals surface area contributed by atoms with Crippen molar-refractivity contribution in [2.45, 2.75) is 19.4 Å². The van der Waals surface area contributed by atoms with Crippen LogP contribution in [0, 0.1) is 11.7 Å². The maximum atomic E-state index is 14.2. The molecule has 1 saturated heterocycles. The highest BCUT2D eigenvalue weighted by molar-refractivity contribution is 5.78. The Balaban J connectivity index is 1.28. The molecule has 9 heteroatoms. The summed E-state index contributed by atoms with van der Waals surface area (Å²) in [6.07, 6.45) is 3.05. The van der Waals surface area contributed by atoms with Crippen molar-refractivity contribution in [2.24, 2.45) is 5.92 Å². The Hall–Kier alpha value is -3.75. The predicted octanol–water partition coefficient (Wildman–Crippen LogP) is 3.06. The van der Waals surface area contributed by atoms with Crippen LogP contribution < -0.4 is 10.2 Å². The summed E-state index contributed by atoms with van der Waals surface area (Å²) in [6, 6.07) is 13.8. The van der Waals surface area contributed by atoms with Gasteiger partial charge in [-0.3, -0.25) is 4.79 Å². The van der Waals surface area contributed by atoms with Crippen LogP contribution in [0.25, 0.3) is 17.0 Å². The lowest BCUT2D eigenvalue weighted by molar-refractivity contribution is -0.125. The molecule has 0 radical (unpaired) electrons. The first-order valence-electron chi connectivity index (χ1n) is 10.2. The number of amides is 1. The van der Waals surface area contributed by atoms with Crippen LogP contribution in [0.5, 0.6) is 0 Å². The summed E-state index contributed by atoms with van der Waals surface area (Å²) in [5.41, 5.74) is 0.903. The third kappa shape index (κ3) is 3.86. The summed E-state index contributed by atoms with van der Waals surface area (Å²) in [5.74, 6) is 1.48. The van der Waals surface area contributed by atoms with Crippen LogP contribution >= 0.6 is 0 Å². The third-order valence-corrected chi connectivity index (χ3v) is 5.57. The number of carbonyl (C=O) groups is 1. The Morgan fingerprint density at radius 2 is 1.94 bits per heavy atom. The number of anilines is 1. The molecule has 8 nitrogen and oxygen atoms in total. The maximum absolute atomic E-state index is 14.2. The van der Waals surface area contributed by atoms with Gasteiger partial charge in [-0.25, -0.2) is 4.39 Å². The standard InChI is InChI=1S/C22H21FN6O2/c23-18-6-2-1-5-17(18)21-26-25-19-7-8-20(27-29(19)21)28-11-9-15(10-12-28)22(30)24-14-16-4-3-13-31-16/h1-8,13,15H,9-12,14H2,(H,24,30). The first-order chi connectivity index (χ1) is 15.2. The normalized spacial score (nSPS) is 14.8. The van der Waals surface area contributed by atoms with Crippen molar-refractivity contribution in [1.82, 2.24) is 25.1 Å². The number of hydrogen-bond donors (Lipinski definition) is 1. The Bertz CT molecular complexity index is 1200. The number of aromatic nitrogens is 4. The SMILES string of the molecule is O=C(NCc1ccco1)C1CCN(c2ccc3nnc(-c4ccccc4F)n3n2)CC1. The topological polar surface area (TPSA) is 88.6 Å². The maximum Gasteiger partial charge on any atom is 0.223 e. The molecule has 4 heterocycles. The van der Waals surface area contributed by atoms with Gasteiger partial charge in [-0.2, -0.15) is 4.52 Å². The molecule has 1 N–H and O–H groups in total.